The molecule has 1 aliphatic rings. The van der Waals surface area contributed by atoms with Gasteiger partial charge >= 0.3 is 0 Å². The topological polar surface area (TPSA) is 58.5 Å². The summed E-state index contributed by atoms with van der Waals surface area (Å²) in [6.45, 7) is 3.31. The molecule has 2 aromatic rings. The van der Waals surface area contributed by atoms with Crippen molar-refractivity contribution in [2.24, 2.45) is 0 Å². The molecule has 3 rings (SSSR count). The van der Waals surface area contributed by atoms with Crippen LogP contribution in [0.2, 0.25) is 0 Å². The lowest BCUT2D eigenvalue weighted by molar-refractivity contribution is -0.0873. The second-order valence-corrected chi connectivity index (χ2v) is 5.90. The van der Waals surface area contributed by atoms with Crippen molar-refractivity contribution in [3.05, 3.63) is 53.7 Å². The molecule has 1 aromatic carbocycles. The van der Waals surface area contributed by atoms with Crippen LogP contribution in [0.5, 0.6) is 0 Å². The van der Waals surface area contributed by atoms with E-state index >= 15 is 0 Å². The molecule has 6 heteroatoms. The van der Waals surface area contributed by atoms with Gasteiger partial charge in [-0.3, -0.25) is 0 Å². The Hall–Kier alpha value is -2.05. The summed E-state index contributed by atoms with van der Waals surface area (Å²) in [7, 11) is 0. The third-order valence-electron chi connectivity index (χ3n) is 4.12. The quantitative estimate of drug-likeness (QED) is 0.931. The van der Waals surface area contributed by atoms with Crippen molar-refractivity contribution in [3.63, 3.8) is 0 Å². The van der Waals surface area contributed by atoms with E-state index in [1.165, 1.54) is 12.4 Å². The number of aliphatic hydroxyl groups excluding tert-OH is 1. The number of benzene rings is 1. The molecule has 1 aliphatic heterocycles. The van der Waals surface area contributed by atoms with Crippen molar-refractivity contribution in [2.45, 2.75) is 18.9 Å². The molecule has 0 saturated carbocycles. The zero-order valence-electron chi connectivity index (χ0n) is 13.1. The highest BCUT2D eigenvalue weighted by molar-refractivity contribution is 5.40. The number of nitrogens with zero attached hydrogens (tertiary/aromatic N) is 3. The molecule has 1 aromatic heterocycles. The van der Waals surface area contributed by atoms with Gasteiger partial charge < -0.3 is 14.7 Å². The first kappa shape index (κ1) is 15.8. The summed E-state index contributed by atoms with van der Waals surface area (Å²) < 4.78 is 19.8. The monoisotopic (exact) mass is 317 g/mol. The standard InChI is InChI=1S/C17H20FN3O2/c1-13-8-16(20-12-19-13)21-6-7-23-17(10-21,11-22)9-14-4-2-3-5-15(14)18/h2-5,8,12,22H,6-7,9-11H2,1H3/t17-/m0/s1. The van der Waals surface area contributed by atoms with Gasteiger partial charge in [-0.25, -0.2) is 14.4 Å². The normalized spacial score (nSPS) is 21.4. The Morgan fingerprint density at radius 2 is 2.17 bits per heavy atom. The van der Waals surface area contributed by atoms with E-state index in [9.17, 15) is 9.50 Å². The van der Waals surface area contributed by atoms with E-state index in [0.717, 1.165) is 11.5 Å². The first-order valence-corrected chi connectivity index (χ1v) is 7.64. The summed E-state index contributed by atoms with van der Waals surface area (Å²) >= 11 is 0. The van der Waals surface area contributed by atoms with Crippen LogP contribution in [-0.4, -0.2) is 47.0 Å². The van der Waals surface area contributed by atoms with Crippen LogP contribution in [0.25, 0.3) is 0 Å². The molecular weight excluding hydrogens is 297 g/mol. The van der Waals surface area contributed by atoms with Gasteiger partial charge in [0.2, 0.25) is 0 Å². The highest BCUT2D eigenvalue weighted by Gasteiger charge is 2.37. The van der Waals surface area contributed by atoms with Crippen molar-refractivity contribution in [3.8, 4) is 0 Å². The summed E-state index contributed by atoms with van der Waals surface area (Å²) in [4.78, 5) is 10.4. The molecular formula is C17H20FN3O2. The SMILES string of the molecule is Cc1cc(N2CCO[C@@](CO)(Cc3ccccc3F)C2)ncn1. The van der Waals surface area contributed by atoms with Crippen molar-refractivity contribution < 1.29 is 14.2 Å². The zero-order chi connectivity index (χ0) is 16.3. The highest BCUT2D eigenvalue weighted by atomic mass is 19.1. The van der Waals surface area contributed by atoms with Gasteiger partial charge in [-0.2, -0.15) is 0 Å². The molecule has 0 spiro atoms. The highest BCUT2D eigenvalue weighted by Crippen LogP contribution is 2.26. The van der Waals surface area contributed by atoms with E-state index in [1.54, 1.807) is 18.2 Å². The van der Waals surface area contributed by atoms with Crippen molar-refractivity contribution in [1.82, 2.24) is 9.97 Å². The first-order valence-electron chi connectivity index (χ1n) is 7.64. The van der Waals surface area contributed by atoms with Gasteiger partial charge in [0.15, 0.2) is 0 Å². The summed E-state index contributed by atoms with van der Waals surface area (Å²) in [5.41, 5.74) is 0.590. The van der Waals surface area contributed by atoms with Crippen molar-refractivity contribution in [2.75, 3.05) is 31.2 Å². The Morgan fingerprint density at radius 3 is 2.91 bits per heavy atom. The van der Waals surface area contributed by atoms with Gasteiger partial charge in [0.25, 0.3) is 0 Å². The number of halogens is 1. The van der Waals surface area contributed by atoms with Crippen molar-refractivity contribution in [1.29, 1.82) is 0 Å². The lowest BCUT2D eigenvalue weighted by atomic mass is 9.92. The van der Waals surface area contributed by atoms with Crippen LogP contribution in [-0.2, 0) is 11.2 Å². The van der Waals surface area contributed by atoms with Gasteiger partial charge in [0, 0.05) is 24.7 Å². The average molecular weight is 317 g/mol. The minimum absolute atomic E-state index is 0.179. The smallest absolute Gasteiger partial charge is 0.132 e. The predicted molar refractivity (Wildman–Crippen MR) is 84.9 cm³/mol. The average Bonchev–Trinajstić information content (AvgIpc) is 2.57. The molecule has 0 radical (unpaired) electrons. The van der Waals surface area contributed by atoms with Crippen LogP contribution >= 0.6 is 0 Å². The van der Waals surface area contributed by atoms with E-state index in [0.29, 0.717) is 31.7 Å². The van der Waals surface area contributed by atoms with Crippen LogP contribution in [0.3, 0.4) is 0 Å². The fourth-order valence-corrected chi connectivity index (χ4v) is 2.90. The molecule has 0 aliphatic carbocycles. The molecule has 5 nitrogen and oxygen atoms in total. The molecule has 0 bridgehead atoms. The van der Waals surface area contributed by atoms with E-state index < -0.39 is 5.60 Å². The molecule has 1 fully saturated rings. The van der Waals surface area contributed by atoms with Crippen molar-refractivity contribution >= 4 is 5.82 Å². The van der Waals surface area contributed by atoms with Gasteiger partial charge in [0.1, 0.15) is 23.6 Å². The number of morpholine rings is 1. The maximum absolute atomic E-state index is 14.0. The van der Waals surface area contributed by atoms with E-state index in [2.05, 4.69) is 14.9 Å². The van der Waals surface area contributed by atoms with E-state index in [4.69, 9.17) is 4.74 Å². The number of anilines is 1. The van der Waals surface area contributed by atoms with E-state index in [-0.39, 0.29) is 12.4 Å². The largest absolute Gasteiger partial charge is 0.393 e. The van der Waals surface area contributed by atoms with E-state index in [1.807, 2.05) is 13.0 Å². The Labute approximate surface area is 134 Å². The second-order valence-electron chi connectivity index (χ2n) is 5.90. The first-order chi connectivity index (χ1) is 11.1. The Morgan fingerprint density at radius 1 is 1.35 bits per heavy atom. The Kier molecular flexibility index (Phi) is 4.54. The Balaban J connectivity index is 1.83. The summed E-state index contributed by atoms with van der Waals surface area (Å²) in [6, 6.07) is 8.50. The lowest BCUT2D eigenvalue weighted by Gasteiger charge is -2.42. The van der Waals surface area contributed by atoms with Crippen LogP contribution in [0, 0.1) is 12.7 Å². The summed E-state index contributed by atoms with van der Waals surface area (Å²) in [5.74, 6) is 0.520. The molecule has 1 saturated heterocycles. The van der Waals surface area contributed by atoms with Crippen LogP contribution in [0.15, 0.2) is 36.7 Å². The fourth-order valence-electron chi connectivity index (χ4n) is 2.90. The molecule has 0 unspecified atom stereocenters. The maximum Gasteiger partial charge on any atom is 0.132 e. The number of aromatic nitrogens is 2. The predicted octanol–water partition coefficient (Wildman–Crippen LogP) is 1.73. The second kappa shape index (κ2) is 6.60. The number of aliphatic hydroxyl groups is 1. The lowest BCUT2D eigenvalue weighted by Crippen LogP contribution is -2.55. The minimum atomic E-state index is -0.834. The Bertz CT molecular complexity index is 682. The third-order valence-corrected chi connectivity index (χ3v) is 4.12. The van der Waals surface area contributed by atoms with Crippen LogP contribution < -0.4 is 4.90 Å². The fraction of sp³-hybridized carbons (Fsp3) is 0.412. The number of ether oxygens (including phenoxy) is 1. The maximum atomic E-state index is 14.0. The summed E-state index contributed by atoms with van der Waals surface area (Å²) in [5, 5.41) is 9.91. The van der Waals surface area contributed by atoms with Gasteiger partial charge in [-0.05, 0) is 18.6 Å². The number of aryl methyl sites for hydroxylation is 1. The molecule has 1 atom stereocenters. The zero-order valence-corrected chi connectivity index (χ0v) is 13.1. The number of rotatable bonds is 4. The molecule has 0 amide bonds. The number of hydrogen-bond acceptors (Lipinski definition) is 5. The molecule has 2 heterocycles. The summed E-state index contributed by atoms with van der Waals surface area (Å²) in [6.07, 6.45) is 1.84. The van der Waals surface area contributed by atoms with Crippen LogP contribution in [0.1, 0.15) is 11.3 Å². The molecule has 23 heavy (non-hydrogen) atoms. The van der Waals surface area contributed by atoms with Gasteiger partial charge in [-0.15, -0.1) is 0 Å². The minimum Gasteiger partial charge on any atom is -0.393 e. The van der Waals surface area contributed by atoms with Gasteiger partial charge in [-0.1, -0.05) is 18.2 Å². The number of hydrogen-bond donors (Lipinski definition) is 1. The molecule has 1 N–H and O–H groups in total. The molecule has 122 valence electrons. The van der Waals surface area contributed by atoms with Crippen LogP contribution in [0.4, 0.5) is 10.2 Å². The third kappa shape index (κ3) is 3.48. The van der Waals surface area contributed by atoms with Gasteiger partial charge in [0.05, 0.1) is 19.8 Å².